The maximum Gasteiger partial charge on any atom is 0.339 e. The largest absolute Gasteiger partial charge is 0.465 e. The third kappa shape index (κ3) is 2.61. The molecule has 16 heavy (non-hydrogen) atoms. The monoisotopic (exact) mass is 239 g/mol. The van der Waals surface area contributed by atoms with Crippen molar-refractivity contribution in [2.75, 3.05) is 12.8 Å². The number of aldehydes is 1. The lowest BCUT2D eigenvalue weighted by molar-refractivity contribution is -0.104. The first-order valence-corrected chi connectivity index (χ1v) is 4.77. The number of nitrogen functional groups attached to an aromatic ring is 1. The van der Waals surface area contributed by atoms with Crippen molar-refractivity contribution in [3.63, 3.8) is 0 Å². The Hall–Kier alpha value is -1.81. The molecule has 84 valence electrons. The number of methoxy groups -OCH3 is 1. The SMILES string of the molecule is COC(=O)c1cc(C=CC=O)c(Cl)cc1N. The van der Waals surface area contributed by atoms with Crippen LogP contribution in [0.1, 0.15) is 15.9 Å². The third-order valence-electron chi connectivity index (χ3n) is 1.93. The third-order valence-corrected chi connectivity index (χ3v) is 2.26. The van der Waals surface area contributed by atoms with Gasteiger partial charge in [0.05, 0.1) is 12.7 Å². The highest BCUT2D eigenvalue weighted by Gasteiger charge is 2.12. The van der Waals surface area contributed by atoms with E-state index in [1.165, 1.54) is 31.4 Å². The molecule has 0 bridgehead atoms. The molecule has 0 aliphatic heterocycles. The first-order valence-electron chi connectivity index (χ1n) is 4.39. The van der Waals surface area contributed by atoms with E-state index in [0.717, 1.165) is 0 Å². The molecule has 0 fully saturated rings. The molecule has 0 saturated heterocycles. The van der Waals surface area contributed by atoms with Crippen molar-refractivity contribution in [3.05, 3.63) is 34.4 Å². The van der Waals surface area contributed by atoms with Crippen LogP contribution in [0.25, 0.3) is 6.08 Å². The molecule has 5 heteroatoms. The summed E-state index contributed by atoms with van der Waals surface area (Å²) in [4.78, 5) is 21.5. The number of nitrogens with two attached hydrogens (primary N) is 1. The molecule has 4 nitrogen and oxygen atoms in total. The zero-order valence-electron chi connectivity index (χ0n) is 8.57. The summed E-state index contributed by atoms with van der Waals surface area (Å²) in [5.41, 5.74) is 6.60. The summed E-state index contributed by atoms with van der Waals surface area (Å²) in [5, 5.41) is 0.364. The van der Waals surface area contributed by atoms with E-state index in [-0.39, 0.29) is 11.3 Å². The Morgan fingerprint density at radius 2 is 2.19 bits per heavy atom. The second-order valence-corrected chi connectivity index (χ2v) is 3.35. The van der Waals surface area contributed by atoms with Crippen molar-refractivity contribution in [2.24, 2.45) is 0 Å². The van der Waals surface area contributed by atoms with Crippen molar-refractivity contribution in [1.82, 2.24) is 0 Å². The van der Waals surface area contributed by atoms with E-state index >= 15 is 0 Å². The smallest absolute Gasteiger partial charge is 0.339 e. The molecule has 0 saturated carbocycles. The minimum atomic E-state index is -0.546. The quantitative estimate of drug-likeness (QED) is 0.379. The number of allylic oxidation sites excluding steroid dienone is 1. The molecule has 0 aromatic heterocycles. The lowest BCUT2D eigenvalue weighted by Crippen LogP contribution is -2.06. The van der Waals surface area contributed by atoms with E-state index in [9.17, 15) is 9.59 Å². The van der Waals surface area contributed by atoms with Gasteiger partial charge in [0.2, 0.25) is 0 Å². The van der Waals surface area contributed by atoms with Gasteiger partial charge in [0.25, 0.3) is 0 Å². The molecule has 0 radical (unpaired) electrons. The summed E-state index contributed by atoms with van der Waals surface area (Å²) in [7, 11) is 1.26. The van der Waals surface area contributed by atoms with Crippen molar-refractivity contribution in [2.45, 2.75) is 0 Å². The van der Waals surface area contributed by atoms with Crippen molar-refractivity contribution in [1.29, 1.82) is 0 Å². The fourth-order valence-electron chi connectivity index (χ4n) is 1.16. The molecule has 0 aliphatic carbocycles. The topological polar surface area (TPSA) is 69.4 Å². The number of anilines is 1. The van der Waals surface area contributed by atoms with E-state index in [4.69, 9.17) is 17.3 Å². The van der Waals surface area contributed by atoms with Crippen LogP contribution in [-0.4, -0.2) is 19.4 Å². The van der Waals surface area contributed by atoms with Crippen molar-refractivity contribution < 1.29 is 14.3 Å². The number of carbonyl (C=O) groups excluding carboxylic acids is 2. The van der Waals surface area contributed by atoms with Gasteiger partial charge >= 0.3 is 5.97 Å². The Bertz CT molecular complexity index is 455. The van der Waals surface area contributed by atoms with E-state index in [0.29, 0.717) is 16.9 Å². The number of ether oxygens (including phenoxy) is 1. The van der Waals surface area contributed by atoms with Gasteiger partial charge in [-0.05, 0) is 23.8 Å². The summed E-state index contributed by atoms with van der Waals surface area (Å²) in [5.74, 6) is -0.546. The summed E-state index contributed by atoms with van der Waals surface area (Å²) in [6, 6.07) is 2.92. The Morgan fingerprint density at radius 1 is 1.50 bits per heavy atom. The minimum Gasteiger partial charge on any atom is -0.465 e. The average molecular weight is 240 g/mol. The normalized spacial score (nSPS) is 10.4. The highest BCUT2D eigenvalue weighted by molar-refractivity contribution is 6.32. The maximum atomic E-state index is 11.3. The molecule has 1 rings (SSSR count). The van der Waals surface area contributed by atoms with Gasteiger partial charge in [-0.3, -0.25) is 4.79 Å². The van der Waals surface area contributed by atoms with Crippen LogP contribution in [0.5, 0.6) is 0 Å². The molecule has 0 amide bonds. The van der Waals surface area contributed by atoms with Gasteiger partial charge in [-0.2, -0.15) is 0 Å². The highest BCUT2D eigenvalue weighted by atomic mass is 35.5. The van der Waals surface area contributed by atoms with Gasteiger partial charge in [0, 0.05) is 10.7 Å². The lowest BCUT2D eigenvalue weighted by atomic mass is 10.1. The number of carbonyl (C=O) groups is 2. The minimum absolute atomic E-state index is 0.220. The van der Waals surface area contributed by atoms with Gasteiger partial charge in [-0.25, -0.2) is 4.79 Å². The molecular formula is C11H10ClNO3. The Balaban J connectivity index is 3.26. The van der Waals surface area contributed by atoms with Crippen LogP contribution in [0, 0.1) is 0 Å². The van der Waals surface area contributed by atoms with Crippen molar-refractivity contribution in [3.8, 4) is 0 Å². The molecule has 0 unspecified atom stereocenters. The number of esters is 1. The Morgan fingerprint density at radius 3 is 2.75 bits per heavy atom. The standard InChI is InChI=1S/C11H10ClNO3/c1-16-11(15)8-5-7(3-2-4-14)9(12)6-10(8)13/h2-6H,13H2,1H3. The molecule has 1 aromatic rings. The van der Waals surface area contributed by atoms with Crippen LogP contribution in [0.4, 0.5) is 5.69 Å². The van der Waals surface area contributed by atoms with Crippen LogP contribution in [0.15, 0.2) is 18.2 Å². The van der Waals surface area contributed by atoms with Gasteiger partial charge in [-0.15, -0.1) is 0 Å². The van der Waals surface area contributed by atoms with Gasteiger partial charge < -0.3 is 10.5 Å². The number of rotatable bonds is 3. The zero-order chi connectivity index (χ0) is 12.1. The summed E-state index contributed by atoms with van der Waals surface area (Å²) >= 11 is 5.89. The van der Waals surface area contributed by atoms with Gasteiger partial charge in [0.15, 0.2) is 0 Å². The first kappa shape index (κ1) is 12.3. The Kier molecular flexibility index (Phi) is 4.08. The van der Waals surface area contributed by atoms with Gasteiger partial charge in [0.1, 0.15) is 6.29 Å². The van der Waals surface area contributed by atoms with Crippen LogP contribution in [0.3, 0.4) is 0 Å². The number of hydrogen-bond donors (Lipinski definition) is 1. The highest BCUT2D eigenvalue weighted by Crippen LogP contribution is 2.25. The Labute approximate surface area is 97.6 Å². The van der Waals surface area contributed by atoms with E-state index < -0.39 is 5.97 Å². The molecular weight excluding hydrogens is 230 g/mol. The molecule has 2 N–H and O–H groups in total. The summed E-state index contributed by atoms with van der Waals surface area (Å²) in [6.45, 7) is 0. The molecule has 0 spiro atoms. The van der Waals surface area contributed by atoms with E-state index in [2.05, 4.69) is 4.74 Å². The van der Waals surface area contributed by atoms with Crippen LogP contribution >= 0.6 is 11.6 Å². The second-order valence-electron chi connectivity index (χ2n) is 2.95. The second kappa shape index (κ2) is 5.32. The van der Waals surface area contributed by atoms with Crippen LogP contribution in [0.2, 0.25) is 5.02 Å². The summed E-state index contributed by atoms with van der Waals surface area (Å²) < 4.78 is 4.56. The maximum absolute atomic E-state index is 11.3. The van der Waals surface area contributed by atoms with E-state index in [1.54, 1.807) is 0 Å². The fraction of sp³-hybridized carbons (Fsp3) is 0.0909. The van der Waals surface area contributed by atoms with E-state index in [1.807, 2.05) is 0 Å². The fourth-order valence-corrected chi connectivity index (χ4v) is 1.40. The average Bonchev–Trinajstić information content (AvgIpc) is 2.27. The lowest BCUT2D eigenvalue weighted by Gasteiger charge is -2.06. The predicted octanol–water partition coefficient (Wildman–Crippen LogP) is 1.92. The predicted molar refractivity (Wildman–Crippen MR) is 62.3 cm³/mol. The van der Waals surface area contributed by atoms with Crippen LogP contribution < -0.4 is 5.73 Å². The molecule has 0 heterocycles. The molecule has 1 aromatic carbocycles. The molecule has 0 aliphatic rings. The number of hydrogen-bond acceptors (Lipinski definition) is 4. The van der Waals surface area contributed by atoms with Gasteiger partial charge in [-0.1, -0.05) is 17.7 Å². The summed E-state index contributed by atoms with van der Waals surface area (Å²) in [6.07, 6.45) is 3.38. The van der Waals surface area contributed by atoms with Crippen molar-refractivity contribution >= 4 is 35.6 Å². The molecule has 0 atom stereocenters. The number of benzene rings is 1. The number of halogens is 1. The zero-order valence-corrected chi connectivity index (χ0v) is 9.32. The first-order chi connectivity index (χ1) is 7.60. The van der Waals surface area contributed by atoms with Crippen LogP contribution in [-0.2, 0) is 9.53 Å².